The van der Waals surface area contributed by atoms with Crippen LogP contribution in [0.4, 0.5) is 9.52 Å². The van der Waals surface area contributed by atoms with Crippen LogP contribution >= 0.6 is 22.9 Å². The maximum absolute atomic E-state index is 13.2. The van der Waals surface area contributed by atoms with Crippen molar-refractivity contribution in [2.24, 2.45) is 0 Å². The Labute approximate surface area is 115 Å². The summed E-state index contributed by atoms with van der Waals surface area (Å²) in [5.74, 6) is -0.274. The molecule has 0 bridgehead atoms. The first-order valence-corrected chi connectivity index (χ1v) is 6.97. The van der Waals surface area contributed by atoms with E-state index >= 15 is 0 Å². The summed E-state index contributed by atoms with van der Waals surface area (Å²) in [6.07, 6.45) is 2.48. The normalized spacial score (nSPS) is 10.8. The molecule has 0 atom stereocenters. The molecule has 0 saturated heterocycles. The molecule has 2 rings (SSSR count). The van der Waals surface area contributed by atoms with Gasteiger partial charge in [-0.05, 0) is 30.2 Å². The average molecular weight is 285 g/mol. The first-order chi connectivity index (χ1) is 8.60. The maximum atomic E-state index is 13.2. The quantitative estimate of drug-likeness (QED) is 0.919. The zero-order valence-electron chi connectivity index (χ0n) is 10.0. The zero-order chi connectivity index (χ0) is 13.1. The van der Waals surface area contributed by atoms with Crippen LogP contribution in [-0.2, 0) is 12.8 Å². The molecule has 2 N–H and O–H groups in total. The molecule has 1 aromatic heterocycles. The predicted octanol–water partition coefficient (Wildman–Crippen LogP) is 4.06. The second-order valence-electron chi connectivity index (χ2n) is 4.08. The van der Waals surface area contributed by atoms with Gasteiger partial charge in [0.05, 0.1) is 5.69 Å². The van der Waals surface area contributed by atoms with E-state index < -0.39 is 0 Å². The van der Waals surface area contributed by atoms with Crippen molar-refractivity contribution in [3.05, 3.63) is 45.2 Å². The molecule has 0 saturated carbocycles. The number of nitrogens with two attached hydrogens (primary N) is 1. The molecule has 0 amide bonds. The van der Waals surface area contributed by atoms with Crippen molar-refractivity contribution in [3.63, 3.8) is 0 Å². The van der Waals surface area contributed by atoms with E-state index in [9.17, 15) is 4.39 Å². The fourth-order valence-electron chi connectivity index (χ4n) is 1.83. The largest absolute Gasteiger partial charge is 0.375 e. The Morgan fingerprint density at radius 1 is 1.44 bits per heavy atom. The summed E-state index contributed by atoms with van der Waals surface area (Å²) >= 11 is 7.52. The van der Waals surface area contributed by atoms with E-state index in [2.05, 4.69) is 11.9 Å². The molecule has 0 radical (unpaired) electrons. The number of nitrogens with zero attached hydrogens (tertiary/aromatic N) is 1. The molecule has 1 heterocycles. The molecular weight excluding hydrogens is 271 g/mol. The first kappa shape index (κ1) is 13.3. The molecule has 0 fully saturated rings. The van der Waals surface area contributed by atoms with E-state index in [1.165, 1.54) is 23.5 Å². The fraction of sp³-hybridized carbons (Fsp3) is 0.308. The summed E-state index contributed by atoms with van der Waals surface area (Å²) in [5.41, 5.74) is 7.51. The molecule has 0 aliphatic heterocycles. The van der Waals surface area contributed by atoms with Gasteiger partial charge in [-0.15, -0.1) is 11.3 Å². The van der Waals surface area contributed by atoms with Gasteiger partial charge < -0.3 is 5.73 Å². The summed E-state index contributed by atoms with van der Waals surface area (Å²) in [6.45, 7) is 2.09. The van der Waals surface area contributed by atoms with Gasteiger partial charge in [0, 0.05) is 16.3 Å². The number of halogens is 2. The van der Waals surface area contributed by atoms with Crippen LogP contribution in [0.5, 0.6) is 0 Å². The van der Waals surface area contributed by atoms with Gasteiger partial charge >= 0.3 is 0 Å². The standard InChI is InChI=1S/C13H14ClFN2S/c1-2-3-11-12(18-13(16)17-11)7-8-6-9(15)4-5-10(8)14/h4-6H,2-3,7H2,1H3,(H2,16,17). The van der Waals surface area contributed by atoms with Gasteiger partial charge in [0.2, 0.25) is 0 Å². The van der Waals surface area contributed by atoms with E-state index in [0.717, 1.165) is 29.0 Å². The molecule has 1 aromatic carbocycles. The van der Waals surface area contributed by atoms with Crippen molar-refractivity contribution in [1.82, 2.24) is 4.98 Å². The van der Waals surface area contributed by atoms with Gasteiger partial charge in [0.25, 0.3) is 0 Å². The summed E-state index contributed by atoms with van der Waals surface area (Å²) in [5, 5.41) is 1.13. The average Bonchev–Trinajstić information content (AvgIpc) is 2.65. The summed E-state index contributed by atoms with van der Waals surface area (Å²) in [6, 6.07) is 4.41. The number of hydrogen-bond donors (Lipinski definition) is 1. The van der Waals surface area contributed by atoms with E-state index in [0.29, 0.717) is 16.6 Å². The number of hydrogen-bond acceptors (Lipinski definition) is 3. The van der Waals surface area contributed by atoms with Gasteiger partial charge in [-0.1, -0.05) is 24.9 Å². The molecule has 0 aliphatic carbocycles. The Kier molecular flexibility index (Phi) is 4.19. The SMILES string of the molecule is CCCc1nc(N)sc1Cc1cc(F)ccc1Cl. The Morgan fingerprint density at radius 2 is 2.22 bits per heavy atom. The van der Waals surface area contributed by atoms with E-state index in [4.69, 9.17) is 17.3 Å². The van der Waals surface area contributed by atoms with E-state index in [1.54, 1.807) is 6.07 Å². The second kappa shape index (κ2) is 5.67. The lowest BCUT2D eigenvalue weighted by molar-refractivity contribution is 0.626. The smallest absolute Gasteiger partial charge is 0.180 e. The van der Waals surface area contributed by atoms with Crippen LogP contribution in [0, 0.1) is 5.82 Å². The van der Waals surface area contributed by atoms with Gasteiger partial charge in [0.15, 0.2) is 5.13 Å². The van der Waals surface area contributed by atoms with Gasteiger partial charge in [-0.3, -0.25) is 0 Å². The predicted molar refractivity (Wildman–Crippen MR) is 74.7 cm³/mol. The maximum Gasteiger partial charge on any atom is 0.180 e. The van der Waals surface area contributed by atoms with Crippen LogP contribution in [0.2, 0.25) is 5.02 Å². The second-order valence-corrected chi connectivity index (χ2v) is 5.61. The molecule has 2 nitrogen and oxygen atoms in total. The van der Waals surface area contributed by atoms with Crippen molar-refractivity contribution in [2.45, 2.75) is 26.2 Å². The summed E-state index contributed by atoms with van der Waals surface area (Å²) < 4.78 is 13.2. The molecule has 2 aromatic rings. The Hall–Kier alpha value is -1.13. The number of anilines is 1. The van der Waals surface area contributed by atoms with Crippen LogP contribution in [0.1, 0.15) is 29.5 Å². The third-order valence-corrected chi connectivity index (χ3v) is 3.94. The highest BCUT2D eigenvalue weighted by Crippen LogP contribution is 2.27. The third-order valence-electron chi connectivity index (χ3n) is 2.64. The van der Waals surface area contributed by atoms with Crippen molar-refractivity contribution in [1.29, 1.82) is 0 Å². The topological polar surface area (TPSA) is 38.9 Å². The summed E-state index contributed by atoms with van der Waals surface area (Å²) in [4.78, 5) is 5.38. The lowest BCUT2D eigenvalue weighted by atomic mass is 10.1. The van der Waals surface area contributed by atoms with Gasteiger partial charge in [0.1, 0.15) is 5.82 Å². The van der Waals surface area contributed by atoms with Crippen LogP contribution in [0.3, 0.4) is 0 Å². The number of thiazole rings is 1. The van der Waals surface area contributed by atoms with Gasteiger partial charge in [-0.25, -0.2) is 9.37 Å². The Balaban J connectivity index is 2.30. The molecular formula is C13H14ClFN2S. The lowest BCUT2D eigenvalue weighted by Gasteiger charge is -2.04. The van der Waals surface area contributed by atoms with Crippen molar-refractivity contribution >= 4 is 28.1 Å². The first-order valence-electron chi connectivity index (χ1n) is 5.78. The molecule has 0 spiro atoms. The molecule has 18 heavy (non-hydrogen) atoms. The fourth-order valence-corrected chi connectivity index (χ4v) is 2.91. The van der Waals surface area contributed by atoms with Crippen molar-refractivity contribution < 1.29 is 4.39 Å². The zero-order valence-corrected chi connectivity index (χ0v) is 11.6. The van der Waals surface area contributed by atoms with Crippen LogP contribution in [0.25, 0.3) is 0 Å². The van der Waals surface area contributed by atoms with Crippen LogP contribution < -0.4 is 5.73 Å². The minimum Gasteiger partial charge on any atom is -0.375 e. The van der Waals surface area contributed by atoms with Crippen LogP contribution in [-0.4, -0.2) is 4.98 Å². The number of aryl methyl sites for hydroxylation is 1. The van der Waals surface area contributed by atoms with Crippen molar-refractivity contribution in [3.8, 4) is 0 Å². The Bertz CT molecular complexity index is 554. The third kappa shape index (κ3) is 3.00. The number of benzene rings is 1. The highest BCUT2D eigenvalue weighted by molar-refractivity contribution is 7.15. The van der Waals surface area contributed by atoms with Crippen molar-refractivity contribution in [2.75, 3.05) is 5.73 Å². The van der Waals surface area contributed by atoms with E-state index in [1.807, 2.05) is 0 Å². The molecule has 5 heteroatoms. The van der Waals surface area contributed by atoms with Crippen LogP contribution in [0.15, 0.2) is 18.2 Å². The number of nitrogen functional groups attached to an aromatic ring is 1. The monoisotopic (exact) mass is 284 g/mol. The highest BCUT2D eigenvalue weighted by atomic mass is 35.5. The molecule has 0 aliphatic rings. The minimum absolute atomic E-state index is 0.274. The number of rotatable bonds is 4. The van der Waals surface area contributed by atoms with E-state index in [-0.39, 0.29) is 5.82 Å². The molecule has 96 valence electrons. The Morgan fingerprint density at radius 3 is 2.94 bits per heavy atom. The van der Waals surface area contributed by atoms with Gasteiger partial charge in [-0.2, -0.15) is 0 Å². The highest BCUT2D eigenvalue weighted by Gasteiger charge is 2.12. The lowest BCUT2D eigenvalue weighted by Crippen LogP contribution is -1.94. The number of aromatic nitrogens is 1. The summed E-state index contributed by atoms with van der Waals surface area (Å²) in [7, 11) is 0. The molecule has 0 unspecified atom stereocenters. The minimum atomic E-state index is -0.274.